The average molecular weight is 388 g/mol. The van der Waals surface area contributed by atoms with Crippen LogP contribution in [0.25, 0.3) is 0 Å². The van der Waals surface area contributed by atoms with E-state index in [1.165, 1.54) is 5.56 Å². The number of hydrogen-bond donors (Lipinski definition) is 1. The molecule has 0 fully saturated rings. The van der Waals surface area contributed by atoms with Crippen LogP contribution in [0.5, 0.6) is 11.5 Å². The smallest absolute Gasteiger partial charge is 0.233 e. The van der Waals surface area contributed by atoms with Crippen molar-refractivity contribution >= 4 is 17.7 Å². The second-order valence-electron chi connectivity index (χ2n) is 6.80. The van der Waals surface area contributed by atoms with Crippen molar-refractivity contribution in [3.05, 3.63) is 59.7 Å². The van der Waals surface area contributed by atoms with E-state index in [2.05, 4.69) is 31.3 Å². The standard InChI is InChI=1S/C22H29NO3S/c1-15(2)21(27-14-17-9-7-6-8-10-17)22(24)23-16(3)19-12-11-18(25-4)13-20(19)26-5/h6-13,15-16,21H,14H2,1-5H3,(H,23,24). The van der Waals surface area contributed by atoms with Crippen molar-refractivity contribution in [2.75, 3.05) is 14.2 Å². The molecule has 5 heteroatoms. The number of methoxy groups -OCH3 is 2. The number of benzene rings is 2. The molecule has 27 heavy (non-hydrogen) atoms. The number of thioether (sulfide) groups is 1. The highest BCUT2D eigenvalue weighted by atomic mass is 32.2. The Morgan fingerprint density at radius 3 is 2.33 bits per heavy atom. The van der Waals surface area contributed by atoms with Crippen molar-refractivity contribution in [1.29, 1.82) is 0 Å². The van der Waals surface area contributed by atoms with Gasteiger partial charge >= 0.3 is 0 Å². The summed E-state index contributed by atoms with van der Waals surface area (Å²) < 4.78 is 10.7. The molecule has 1 N–H and O–H groups in total. The lowest BCUT2D eigenvalue weighted by atomic mass is 10.1. The number of carbonyl (C=O) groups is 1. The molecule has 0 aliphatic carbocycles. The van der Waals surface area contributed by atoms with Crippen molar-refractivity contribution in [3.63, 3.8) is 0 Å². The van der Waals surface area contributed by atoms with Gasteiger partial charge in [0.1, 0.15) is 11.5 Å². The Hall–Kier alpha value is -2.14. The van der Waals surface area contributed by atoms with Gasteiger partial charge in [-0.3, -0.25) is 4.79 Å². The Morgan fingerprint density at radius 1 is 1.04 bits per heavy atom. The summed E-state index contributed by atoms with van der Waals surface area (Å²) in [4.78, 5) is 12.9. The predicted molar refractivity (Wildman–Crippen MR) is 112 cm³/mol. The molecule has 1 amide bonds. The molecule has 4 nitrogen and oxygen atoms in total. The lowest BCUT2D eigenvalue weighted by Crippen LogP contribution is -2.37. The van der Waals surface area contributed by atoms with Crippen molar-refractivity contribution in [1.82, 2.24) is 5.32 Å². The molecular formula is C22H29NO3S. The van der Waals surface area contributed by atoms with Gasteiger partial charge in [0.2, 0.25) is 5.91 Å². The van der Waals surface area contributed by atoms with Gasteiger partial charge in [0, 0.05) is 17.4 Å². The number of ether oxygens (including phenoxy) is 2. The summed E-state index contributed by atoms with van der Waals surface area (Å²) in [5.74, 6) is 2.55. The summed E-state index contributed by atoms with van der Waals surface area (Å²) in [6, 6.07) is 15.7. The van der Waals surface area contributed by atoms with Gasteiger partial charge in [0.25, 0.3) is 0 Å². The fourth-order valence-electron chi connectivity index (χ4n) is 2.88. The largest absolute Gasteiger partial charge is 0.497 e. The Morgan fingerprint density at radius 2 is 1.74 bits per heavy atom. The van der Waals surface area contributed by atoms with E-state index >= 15 is 0 Å². The molecule has 2 atom stereocenters. The molecule has 0 radical (unpaired) electrons. The minimum Gasteiger partial charge on any atom is -0.497 e. The van der Waals surface area contributed by atoms with Crippen LogP contribution in [-0.4, -0.2) is 25.4 Å². The Balaban J connectivity index is 2.06. The van der Waals surface area contributed by atoms with Crippen LogP contribution in [0.3, 0.4) is 0 Å². The first kappa shape index (κ1) is 21.2. The first-order valence-corrected chi connectivity index (χ1v) is 10.2. The maximum absolute atomic E-state index is 12.9. The van der Waals surface area contributed by atoms with E-state index in [1.54, 1.807) is 26.0 Å². The minimum absolute atomic E-state index is 0.0521. The van der Waals surface area contributed by atoms with Gasteiger partial charge in [-0.25, -0.2) is 0 Å². The van der Waals surface area contributed by atoms with Gasteiger partial charge in [0.05, 0.1) is 25.5 Å². The van der Waals surface area contributed by atoms with E-state index in [9.17, 15) is 4.79 Å². The zero-order valence-corrected chi connectivity index (χ0v) is 17.5. The third-order valence-corrected chi connectivity index (χ3v) is 6.02. The molecule has 0 aromatic heterocycles. The summed E-state index contributed by atoms with van der Waals surface area (Å²) in [6.45, 7) is 6.14. The van der Waals surface area contributed by atoms with Crippen LogP contribution in [-0.2, 0) is 10.5 Å². The number of carbonyl (C=O) groups excluding carboxylic acids is 1. The van der Waals surface area contributed by atoms with Gasteiger partial charge in [-0.1, -0.05) is 44.2 Å². The van der Waals surface area contributed by atoms with Crippen molar-refractivity contribution in [2.24, 2.45) is 5.92 Å². The van der Waals surface area contributed by atoms with Crippen molar-refractivity contribution in [3.8, 4) is 11.5 Å². The average Bonchev–Trinajstić information content (AvgIpc) is 2.68. The normalized spacial score (nSPS) is 13.1. The number of amides is 1. The van der Waals surface area contributed by atoms with Crippen LogP contribution in [0.4, 0.5) is 0 Å². The van der Waals surface area contributed by atoms with Crippen LogP contribution in [0.2, 0.25) is 0 Å². The van der Waals surface area contributed by atoms with Crippen LogP contribution in [0.15, 0.2) is 48.5 Å². The molecule has 0 saturated heterocycles. The molecule has 0 aliphatic rings. The summed E-state index contributed by atoms with van der Waals surface area (Å²) in [6.07, 6.45) is 0. The van der Waals surface area contributed by atoms with Crippen LogP contribution < -0.4 is 14.8 Å². The van der Waals surface area contributed by atoms with Crippen molar-refractivity contribution in [2.45, 2.75) is 37.8 Å². The monoisotopic (exact) mass is 387 g/mol. The van der Waals surface area contributed by atoms with E-state index in [0.717, 1.165) is 17.1 Å². The molecule has 0 heterocycles. The number of nitrogens with one attached hydrogen (secondary N) is 1. The molecule has 2 aromatic carbocycles. The summed E-state index contributed by atoms with van der Waals surface area (Å²) in [5.41, 5.74) is 2.16. The zero-order chi connectivity index (χ0) is 19.8. The van der Waals surface area contributed by atoms with E-state index in [4.69, 9.17) is 9.47 Å². The molecule has 146 valence electrons. The Labute approximate surface area is 166 Å². The fourth-order valence-corrected chi connectivity index (χ4v) is 4.05. The third kappa shape index (κ3) is 5.93. The van der Waals surface area contributed by atoms with Gasteiger partial charge in [-0.05, 0) is 30.5 Å². The summed E-state index contributed by atoms with van der Waals surface area (Å²) in [5, 5.41) is 3.03. The minimum atomic E-state index is -0.156. The highest BCUT2D eigenvalue weighted by molar-refractivity contribution is 7.99. The molecular weight excluding hydrogens is 358 g/mol. The molecule has 2 rings (SSSR count). The molecule has 2 aromatic rings. The quantitative estimate of drug-likeness (QED) is 0.669. The second kappa shape index (κ2) is 10.3. The molecule has 2 unspecified atom stereocenters. The summed E-state index contributed by atoms with van der Waals surface area (Å²) >= 11 is 1.68. The van der Waals surface area contributed by atoms with E-state index in [-0.39, 0.29) is 23.1 Å². The highest BCUT2D eigenvalue weighted by Gasteiger charge is 2.25. The zero-order valence-electron chi connectivity index (χ0n) is 16.7. The van der Waals surface area contributed by atoms with Gasteiger partial charge in [0.15, 0.2) is 0 Å². The Kier molecular flexibility index (Phi) is 8.04. The van der Waals surface area contributed by atoms with Crippen LogP contribution >= 0.6 is 11.8 Å². The number of hydrogen-bond acceptors (Lipinski definition) is 4. The maximum atomic E-state index is 12.9. The van der Waals surface area contributed by atoms with Gasteiger partial charge < -0.3 is 14.8 Å². The van der Waals surface area contributed by atoms with Crippen LogP contribution in [0.1, 0.15) is 37.9 Å². The Bertz CT molecular complexity index is 734. The van der Waals surface area contributed by atoms with Crippen LogP contribution in [0, 0.1) is 5.92 Å². The highest BCUT2D eigenvalue weighted by Crippen LogP contribution is 2.30. The first-order valence-electron chi connectivity index (χ1n) is 9.14. The molecule has 0 saturated carbocycles. The molecule has 0 bridgehead atoms. The predicted octanol–water partition coefficient (Wildman–Crippen LogP) is 4.84. The van der Waals surface area contributed by atoms with E-state index < -0.39 is 0 Å². The maximum Gasteiger partial charge on any atom is 0.233 e. The number of rotatable bonds is 9. The van der Waals surface area contributed by atoms with E-state index in [0.29, 0.717) is 5.75 Å². The fraction of sp³-hybridized carbons (Fsp3) is 0.409. The third-order valence-electron chi connectivity index (χ3n) is 4.40. The SMILES string of the molecule is COc1ccc(C(C)NC(=O)C(SCc2ccccc2)C(C)C)c(OC)c1. The van der Waals surface area contributed by atoms with Gasteiger partial charge in [-0.15, -0.1) is 11.8 Å². The topological polar surface area (TPSA) is 47.6 Å². The molecule has 0 aliphatic heterocycles. The summed E-state index contributed by atoms with van der Waals surface area (Å²) in [7, 11) is 3.25. The lowest BCUT2D eigenvalue weighted by Gasteiger charge is -2.24. The molecule has 0 spiro atoms. The van der Waals surface area contributed by atoms with Gasteiger partial charge in [-0.2, -0.15) is 0 Å². The lowest BCUT2D eigenvalue weighted by molar-refractivity contribution is -0.121. The van der Waals surface area contributed by atoms with Crippen molar-refractivity contribution < 1.29 is 14.3 Å². The van der Waals surface area contributed by atoms with E-state index in [1.807, 2.05) is 43.3 Å². The first-order chi connectivity index (χ1) is 13.0. The second-order valence-corrected chi connectivity index (χ2v) is 7.93.